The number of carbonyl (C=O) groups excluding carboxylic acids is 5. The molecule has 1 atom stereocenters. The number of nitrogens with zero attached hydrogens (tertiary/aromatic N) is 7. The summed E-state index contributed by atoms with van der Waals surface area (Å²) in [4.78, 5) is 68.5. The molecule has 19 nitrogen and oxygen atoms in total. The third-order valence-electron chi connectivity index (χ3n) is 11.4. The van der Waals surface area contributed by atoms with Gasteiger partial charge in [0.1, 0.15) is 17.1 Å². The van der Waals surface area contributed by atoms with E-state index in [0.29, 0.717) is 50.8 Å². The van der Waals surface area contributed by atoms with Crippen LogP contribution in [0.15, 0.2) is 54.9 Å². The lowest BCUT2D eigenvalue weighted by atomic mass is 9.86. The number of hydrogen-bond acceptors (Lipinski definition) is 16. The minimum Gasteiger partial charge on any atom is -0.387 e. The summed E-state index contributed by atoms with van der Waals surface area (Å²) in [5.41, 5.74) is 5.45. The lowest BCUT2D eigenvalue weighted by Crippen LogP contribution is -2.54. The topological polar surface area (TPSA) is 244 Å². The number of fused-ring (bicyclic) bond motifs is 2. The Bertz CT molecular complexity index is 2600. The van der Waals surface area contributed by atoms with Crippen LogP contribution in [0.1, 0.15) is 82.2 Å². The number of benzene rings is 1. The second-order valence-electron chi connectivity index (χ2n) is 15.5. The van der Waals surface area contributed by atoms with E-state index in [4.69, 9.17) is 19.2 Å². The third kappa shape index (κ3) is 9.77. The second-order valence-corrected chi connectivity index (χ2v) is 16.5. The van der Waals surface area contributed by atoms with Crippen molar-refractivity contribution in [1.82, 2.24) is 40.3 Å². The summed E-state index contributed by atoms with van der Waals surface area (Å²) in [6.45, 7) is 2.33. The Morgan fingerprint density at radius 2 is 1.67 bits per heavy atom. The minimum atomic E-state index is -1.03. The Kier molecular flexibility index (Phi) is 13.9. The van der Waals surface area contributed by atoms with Gasteiger partial charge in [0, 0.05) is 56.0 Å². The second kappa shape index (κ2) is 20.2. The van der Waals surface area contributed by atoms with Crippen molar-refractivity contribution in [3.63, 3.8) is 0 Å². The quantitative estimate of drug-likeness (QED) is 0.0678. The van der Waals surface area contributed by atoms with Gasteiger partial charge in [0.15, 0.2) is 5.01 Å². The molecule has 64 heavy (non-hydrogen) atoms. The zero-order valence-electron chi connectivity index (χ0n) is 35.1. The Balaban J connectivity index is 0.677. The molecule has 5 amide bonds. The van der Waals surface area contributed by atoms with Gasteiger partial charge in [-0.05, 0) is 68.5 Å². The summed E-state index contributed by atoms with van der Waals surface area (Å²) >= 11 is 1.57. The highest BCUT2D eigenvalue weighted by Crippen LogP contribution is 2.39. The molecule has 1 unspecified atom stereocenters. The van der Waals surface area contributed by atoms with E-state index < -0.39 is 29.7 Å². The molecule has 2 aliphatic heterocycles. The molecule has 332 valence electrons. The number of ether oxygens (including phenoxy) is 3. The van der Waals surface area contributed by atoms with Crippen molar-refractivity contribution in [3.8, 4) is 28.0 Å². The largest absolute Gasteiger partial charge is 0.387 e. The predicted octanol–water partition coefficient (Wildman–Crippen LogP) is 3.92. The van der Waals surface area contributed by atoms with E-state index in [0.717, 1.165) is 68.8 Å². The van der Waals surface area contributed by atoms with E-state index in [1.54, 1.807) is 46.3 Å². The van der Waals surface area contributed by atoms with Gasteiger partial charge in [-0.1, -0.05) is 17.4 Å². The molecule has 0 bridgehead atoms. The number of amides is 5. The molecular formula is C44H47N11O8S. The van der Waals surface area contributed by atoms with Gasteiger partial charge in [-0.15, -0.1) is 10.2 Å². The summed E-state index contributed by atoms with van der Waals surface area (Å²) in [5, 5.41) is 36.2. The molecule has 5 aromatic rings. The first-order chi connectivity index (χ1) is 31.2. The maximum absolute atomic E-state index is 13.2. The van der Waals surface area contributed by atoms with Crippen LogP contribution in [0.2, 0.25) is 0 Å². The van der Waals surface area contributed by atoms with E-state index in [9.17, 15) is 29.2 Å². The van der Waals surface area contributed by atoms with Gasteiger partial charge in [-0.2, -0.15) is 10.4 Å². The fourth-order valence-corrected chi connectivity index (χ4v) is 9.18. The van der Waals surface area contributed by atoms with Gasteiger partial charge in [-0.3, -0.25) is 39.2 Å². The van der Waals surface area contributed by atoms with Crippen LogP contribution in [-0.4, -0.2) is 125 Å². The number of imide groups is 2. The molecule has 1 saturated heterocycles. The fraction of sp³-hybridized carbons (Fsp3) is 0.409. The van der Waals surface area contributed by atoms with Crippen LogP contribution in [0.4, 0.5) is 11.4 Å². The number of aromatic nitrogens is 5. The SMILES string of the molecule is CNc1cc(-c2ccc3cc(C#N)cnn23)ncc1-c1nnc(C2CCC(NC(=O)CCOCCOCCOCCNc3cccc4c3C(=O)N(C3CCC(=O)NC3=O)C4=O)CC2)s1. The maximum atomic E-state index is 13.2. The van der Waals surface area contributed by atoms with E-state index in [2.05, 4.69) is 42.6 Å². The lowest BCUT2D eigenvalue weighted by molar-refractivity contribution is -0.136. The molecule has 1 aliphatic carbocycles. The smallest absolute Gasteiger partial charge is 0.264 e. The van der Waals surface area contributed by atoms with Gasteiger partial charge in [0.2, 0.25) is 17.7 Å². The van der Waals surface area contributed by atoms with Gasteiger partial charge in [-0.25, -0.2) is 4.52 Å². The Labute approximate surface area is 371 Å². The van der Waals surface area contributed by atoms with Crippen molar-refractivity contribution in [3.05, 3.63) is 76.6 Å². The molecule has 1 saturated carbocycles. The van der Waals surface area contributed by atoms with Crippen molar-refractivity contribution in [1.29, 1.82) is 5.26 Å². The zero-order valence-corrected chi connectivity index (χ0v) is 35.9. The van der Waals surface area contributed by atoms with Crippen molar-refractivity contribution in [2.45, 2.75) is 62.9 Å². The molecule has 3 aliphatic rings. The average Bonchev–Trinajstić information content (AvgIpc) is 4.03. The molecule has 4 aromatic heterocycles. The maximum Gasteiger partial charge on any atom is 0.264 e. The molecule has 4 N–H and O–H groups in total. The van der Waals surface area contributed by atoms with Crippen LogP contribution in [0.5, 0.6) is 0 Å². The van der Waals surface area contributed by atoms with E-state index in [1.807, 2.05) is 25.2 Å². The predicted molar refractivity (Wildman–Crippen MR) is 233 cm³/mol. The van der Waals surface area contributed by atoms with Gasteiger partial charge in [0.05, 0.1) is 85.0 Å². The molecular weight excluding hydrogens is 843 g/mol. The first-order valence-electron chi connectivity index (χ1n) is 21.2. The van der Waals surface area contributed by atoms with Gasteiger partial charge in [0.25, 0.3) is 11.8 Å². The first kappa shape index (κ1) is 44.0. The first-order valence-corrected chi connectivity index (χ1v) is 22.0. The van der Waals surface area contributed by atoms with Crippen molar-refractivity contribution < 1.29 is 38.2 Å². The number of rotatable bonds is 19. The minimum absolute atomic E-state index is 0.0426. The number of hydrogen-bond donors (Lipinski definition) is 4. The van der Waals surface area contributed by atoms with Crippen molar-refractivity contribution >= 4 is 57.8 Å². The molecule has 1 aromatic carbocycles. The summed E-state index contributed by atoms with van der Waals surface area (Å²) in [5.74, 6) is -1.98. The van der Waals surface area contributed by atoms with Gasteiger partial charge < -0.3 is 30.2 Å². The van der Waals surface area contributed by atoms with Crippen LogP contribution < -0.4 is 21.3 Å². The molecule has 6 heterocycles. The van der Waals surface area contributed by atoms with Crippen LogP contribution in [0.25, 0.3) is 27.5 Å². The van der Waals surface area contributed by atoms with Crippen molar-refractivity contribution in [2.75, 3.05) is 63.9 Å². The number of anilines is 2. The highest BCUT2D eigenvalue weighted by Gasteiger charge is 2.45. The van der Waals surface area contributed by atoms with E-state index in [-0.39, 0.29) is 54.9 Å². The average molecular weight is 890 g/mol. The zero-order chi connectivity index (χ0) is 44.6. The van der Waals surface area contributed by atoms with Crippen LogP contribution in [0, 0.1) is 11.3 Å². The number of nitrogens with one attached hydrogen (secondary N) is 4. The summed E-state index contributed by atoms with van der Waals surface area (Å²) in [6, 6.07) is 13.7. The molecule has 20 heteroatoms. The van der Waals surface area contributed by atoms with E-state index in [1.165, 1.54) is 6.20 Å². The monoisotopic (exact) mass is 889 g/mol. The van der Waals surface area contributed by atoms with E-state index >= 15 is 0 Å². The highest BCUT2D eigenvalue weighted by atomic mass is 32.1. The number of piperidine rings is 1. The number of nitriles is 1. The van der Waals surface area contributed by atoms with Crippen LogP contribution >= 0.6 is 11.3 Å². The Hall–Kier alpha value is -6.66. The fourth-order valence-electron chi connectivity index (χ4n) is 8.15. The number of carbonyl (C=O) groups is 5. The van der Waals surface area contributed by atoms with Crippen LogP contribution in [0.3, 0.4) is 0 Å². The third-order valence-corrected chi connectivity index (χ3v) is 12.5. The Morgan fingerprint density at radius 1 is 0.891 bits per heavy atom. The summed E-state index contributed by atoms with van der Waals surface area (Å²) < 4.78 is 18.6. The number of pyridine rings is 1. The summed E-state index contributed by atoms with van der Waals surface area (Å²) in [7, 11) is 1.86. The van der Waals surface area contributed by atoms with Crippen molar-refractivity contribution in [2.24, 2.45) is 0 Å². The normalized spacial score (nSPS) is 18.5. The molecule has 2 fully saturated rings. The Morgan fingerprint density at radius 3 is 2.44 bits per heavy atom. The molecule has 8 rings (SSSR count). The highest BCUT2D eigenvalue weighted by molar-refractivity contribution is 7.14. The molecule has 0 radical (unpaired) electrons. The lowest BCUT2D eigenvalue weighted by Gasteiger charge is -2.27. The van der Waals surface area contributed by atoms with Crippen LogP contribution in [-0.2, 0) is 28.6 Å². The standard InChI is InChI=1S/C44H47N11O8S/c1-46-33-22-34(35-10-9-29-21-26(23-45)24-49-55(29)35)48-25-31(33)42-53-52-41(64-42)27-5-7-28(8-6-27)50-38(57)13-15-61-17-19-63-20-18-62-16-14-47-32-4-2-3-30-39(32)44(60)54(43(30)59)36-11-12-37(56)51-40(36)58/h2-4,9-10,21-22,24-25,27-28,36,47H,5-8,11-20H2,1H3,(H,46,48)(H,50,57)(H,51,56,58). The summed E-state index contributed by atoms with van der Waals surface area (Å²) in [6.07, 6.45) is 7.25. The van der Waals surface area contributed by atoms with Gasteiger partial charge >= 0.3 is 0 Å². The molecule has 0 spiro atoms.